The molecule has 0 radical (unpaired) electrons. The molecule has 1 aromatic rings. The zero-order valence-corrected chi connectivity index (χ0v) is 8.50. The molecule has 12 heavy (non-hydrogen) atoms. The topological polar surface area (TPSA) is 12.0 Å². The molecular formula is C10H15NS. The molecule has 0 saturated heterocycles. The Morgan fingerprint density at radius 3 is 2.83 bits per heavy atom. The lowest BCUT2D eigenvalue weighted by molar-refractivity contribution is 0.592. The zero-order valence-electron chi connectivity index (χ0n) is 7.68. The van der Waals surface area contributed by atoms with Crippen molar-refractivity contribution in [2.24, 2.45) is 0 Å². The fourth-order valence-corrected chi connectivity index (χ4v) is 3.01. The van der Waals surface area contributed by atoms with Gasteiger partial charge in [-0.25, -0.2) is 0 Å². The van der Waals surface area contributed by atoms with Crippen LogP contribution < -0.4 is 5.32 Å². The maximum atomic E-state index is 3.44. The first kappa shape index (κ1) is 8.27. The monoisotopic (exact) mass is 181 g/mol. The quantitative estimate of drug-likeness (QED) is 0.755. The molecule has 1 aliphatic rings. The van der Waals surface area contributed by atoms with Crippen LogP contribution in [0.1, 0.15) is 30.2 Å². The Balaban J connectivity index is 2.32. The number of hydrogen-bond donors (Lipinski definition) is 1. The molecule has 1 heterocycles. The molecular weight excluding hydrogens is 166 g/mol. The van der Waals surface area contributed by atoms with Crippen LogP contribution in [0.15, 0.2) is 11.4 Å². The zero-order chi connectivity index (χ0) is 8.60. The van der Waals surface area contributed by atoms with Gasteiger partial charge in [-0.1, -0.05) is 6.92 Å². The van der Waals surface area contributed by atoms with Gasteiger partial charge in [-0.2, -0.15) is 0 Å². The molecule has 0 bridgehead atoms. The minimum atomic E-state index is 0.375. The van der Waals surface area contributed by atoms with Gasteiger partial charge >= 0.3 is 0 Å². The van der Waals surface area contributed by atoms with Crippen LogP contribution in [0.25, 0.3) is 0 Å². The van der Waals surface area contributed by atoms with E-state index in [9.17, 15) is 0 Å². The Morgan fingerprint density at radius 1 is 1.58 bits per heavy atom. The van der Waals surface area contributed by atoms with Gasteiger partial charge in [0.25, 0.3) is 0 Å². The van der Waals surface area contributed by atoms with E-state index in [0.29, 0.717) is 5.54 Å². The van der Waals surface area contributed by atoms with Crippen LogP contribution in [0.5, 0.6) is 0 Å². The van der Waals surface area contributed by atoms with Crippen LogP contribution in [-0.4, -0.2) is 7.05 Å². The number of aryl methyl sites for hydroxylation is 1. The van der Waals surface area contributed by atoms with Crippen LogP contribution in [-0.2, 0) is 12.0 Å². The van der Waals surface area contributed by atoms with Crippen LogP contribution in [0, 0.1) is 0 Å². The summed E-state index contributed by atoms with van der Waals surface area (Å²) in [5, 5.41) is 5.65. The third-order valence-corrected chi connectivity index (χ3v) is 3.95. The molecule has 1 fully saturated rings. The van der Waals surface area contributed by atoms with Gasteiger partial charge in [-0.05, 0) is 43.3 Å². The lowest BCUT2D eigenvalue weighted by atomic mass is 10.1. The van der Waals surface area contributed by atoms with Crippen molar-refractivity contribution in [1.29, 1.82) is 0 Å². The lowest BCUT2D eigenvalue weighted by Crippen LogP contribution is -2.24. The summed E-state index contributed by atoms with van der Waals surface area (Å²) in [6.45, 7) is 2.23. The minimum Gasteiger partial charge on any atom is -0.310 e. The molecule has 1 N–H and O–H groups in total. The van der Waals surface area contributed by atoms with Gasteiger partial charge in [0.1, 0.15) is 0 Å². The Kier molecular flexibility index (Phi) is 1.97. The highest BCUT2D eigenvalue weighted by Crippen LogP contribution is 2.48. The molecule has 0 atom stereocenters. The molecule has 0 spiro atoms. The minimum absolute atomic E-state index is 0.375. The van der Waals surface area contributed by atoms with Crippen molar-refractivity contribution in [1.82, 2.24) is 5.32 Å². The van der Waals surface area contributed by atoms with Gasteiger partial charge < -0.3 is 5.32 Å². The molecule has 0 aliphatic heterocycles. The van der Waals surface area contributed by atoms with E-state index >= 15 is 0 Å². The van der Waals surface area contributed by atoms with Gasteiger partial charge in [0.2, 0.25) is 0 Å². The summed E-state index contributed by atoms with van der Waals surface area (Å²) in [5.74, 6) is 0. The third kappa shape index (κ3) is 1.10. The molecule has 0 aromatic carbocycles. The summed E-state index contributed by atoms with van der Waals surface area (Å²) in [7, 11) is 2.08. The van der Waals surface area contributed by atoms with E-state index in [0.717, 1.165) is 0 Å². The molecule has 2 heteroatoms. The Bertz CT molecular complexity index is 273. The van der Waals surface area contributed by atoms with Gasteiger partial charge in [0, 0.05) is 4.88 Å². The highest BCUT2D eigenvalue weighted by atomic mass is 32.1. The molecule has 1 saturated carbocycles. The van der Waals surface area contributed by atoms with E-state index in [1.807, 2.05) is 11.3 Å². The average Bonchev–Trinajstić information content (AvgIpc) is 2.76. The van der Waals surface area contributed by atoms with Crippen molar-refractivity contribution >= 4 is 11.3 Å². The second-order valence-electron chi connectivity index (χ2n) is 3.46. The second-order valence-corrected chi connectivity index (χ2v) is 4.38. The van der Waals surface area contributed by atoms with Crippen molar-refractivity contribution in [3.05, 3.63) is 21.9 Å². The molecule has 1 aliphatic carbocycles. The van der Waals surface area contributed by atoms with E-state index in [1.165, 1.54) is 24.8 Å². The largest absolute Gasteiger partial charge is 0.310 e. The van der Waals surface area contributed by atoms with Gasteiger partial charge in [0.15, 0.2) is 0 Å². The standard InChI is InChI=1S/C10H15NS/c1-3-8-4-7-12-9(8)10(11-2)5-6-10/h4,7,11H,3,5-6H2,1-2H3. The molecule has 2 rings (SSSR count). The molecule has 66 valence electrons. The Hall–Kier alpha value is -0.340. The normalized spacial score (nSPS) is 19.5. The van der Waals surface area contributed by atoms with Gasteiger partial charge in [-0.3, -0.25) is 0 Å². The number of hydrogen-bond acceptors (Lipinski definition) is 2. The lowest BCUT2D eigenvalue weighted by Gasteiger charge is -2.13. The van der Waals surface area contributed by atoms with E-state index < -0.39 is 0 Å². The van der Waals surface area contributed by atoms with E-state index in [1.54, 1.807) is 4.88 Å². The van der Waals surface area contributed by atoms with Crippen LogP contribution in [0.4, 0.5) is 0 Å². The van der Waals surface area contributed by atoms with Crippen LogP contribution >= 0.6 is 11.3 Å². The van der Waals surface area contributed by atoms with E-state index in [4.69, 9.17) is 0 Å². The fraction of sp³-hybridized carbons (Fsp3) is 0.600. The SMILES string of the molecule is CCc1ccsc1C1(NC)CC1. The number of thiophene rings is 1. The maximum absolute atomic E-state index is 3.44. The van der Waals surface area contributed by atoms with E-state index in [-0.39, 0.29) is 0 Å². The van der Waals surface area contributed by atoms with E-state index in [2.05, 4.69) is 30.7 Å². The van der Waals surface area contributed by atoms with Crippen LogP contribution in [0.2, 0.25) is 0 Å². The van der Waals surface area contributed by atoms with Crippen molar-refractivity contribution in [2.45, 2.75) is 31.7 Å². The predicted molar refractivity (Wildman–Crippen MR) is 53.7 cm³/mol. The summed E-state index contributed by atoms with van der Waals surface area (Å²) >= 11 is 1.91. The first-order valence-electron chi connectivity index (χ1n) is 4.58. The van der Waals surface area contributed by atoms with Crippen LogP contribution in [0.3, 0.4) is 0 Å². The summed E-state index contributed by atoms with van der Waals surface area (Å²) in [4.78, 5) is 1.58. The third-order valence-electron chi connectivity index (χ3n) is 2.79. The number of nitrogens with one attached hydrogen (secondary N) is 1. The molecule has 1 aromatic heterocycles. The fourth-order valence-electron chi connectivity index (χ4n) is 1.75. The summed E-state index contributed by atoms with van der Waals surface area (Å²) in [6.07, 6.45) is 3.80. The highest BCUT2D eigenvalue weighted by molar-refractivity contribution is 7.10. The highest BCUT2D eigenvalue weighted by Gasteiger charge is 2.44. The summed E-state index contributed by atoms with van der Waals surface area (Å²) in [5.41, 5.74) is 1.91. The number of rotatable bonds is 3. The molecule has 0 unspecified atom stereocenters. The molecule has 1 nitrogen and oxygen atoms in total. The Morgan fingerprint density at radius 2 is 2.33 bits per heavy atom. The van der Waals surface area contributed by atoms with Crippen molar-refractivity contribution in [3.8, 4) is 0 Å². The smallest absolute Gasteiger partial charge is 0.0530 e. The summed E-state index contributed by atoms with van der Waals surface area (Å²) in [6, 6.07) is 2.26. The van der Waals surface area contributed by atoms with Crippen molar-refractivity contribution < 1.29 is 0 Å². The molecule has 0 amide bonds. The second kappa shape index (κ2) is 2.86. The maximum Gasteiger partial charge on any atom is 0.0530 e. The van der Waals surface area contributed by atoms with Gasteiger partial charge in [0.05, 0.1) is 5.54 Å². The predicted octanol–water partition coefficient (Wildman–Crippen LogP) is 2.52. The summed E-state index contributed by atoms with van der Waals surface area (Å²) < 4.78 is 0. The van der Waals surface area contributed by atoms with Crippen molar-refractivity contribution in [2.75, 3.05) is 7.05 Å². The Labute approximate surface area is 77.8 Å². The average molecular weight is 181 g/mol. The first-order valence-corrected chi connectivity index (χ1v) is 5.46. The van der Waals surface area contributed by atoms with Crippen molar-refractivity contribution in [3.63, 3.8) is 0 Å². The van der Waals surface area contributed by atoms with Gasteiger partial charge in [-0.15, -0.1) is 11.3 Å². The first-order chi connectivity index (χ1) is 5.82.